The number of rotatable bonds is 3. The van der Waals surface area contributed by atoms with Crippen molar-refractivity contribution in [3.63, 3.8) is 0 Å². The number of carbonyl (C=O) groups excluding carboxylic acids is 1. The Balaban J connectivity index is 1.99. The number of aromatic nitrogens is 1. The summed E-state index contributed by atoms with van der Waals surface area (Å²) in [4.78, 5) is 25.9. The van der Waals surface area contributed by atoms with Crippen LogP contribution >= 0.6 is 0 Å². The van der Waals surface area contributed by atoms with Crippen LogP contribution < -0.4 is 10.9 Å². The first kappa shape index (κ1) is 13.8. The molecule has 0 unspecified atom stereocenters. The molecule has 1 aliphatic carbocycles. The molecule has 1 saturated carbocycles. The van der Waals surface area contributed by atoms with E-state index in [2.05, 4.69) is 10.3 Å². The number of H-pyrrole nitrogens is 1. The number of aryl methyl sites for hydroxylation is 1. The van der Waals surface area contributed by atoms with E-state index in [1.807, 2.05) is 0 Å². The Morgan fingerprint density at radius 1 is 1.37 bits per heavy atom. The number of carbonyl (C=O) groups is 1. The molecule has 1 heterocycles. The summed E-state index contributed by atoms with van der Waals surface area (Å²) in [6.45, 7) is 1.98. The maximum absolute atomic E-state index is 12.0. The first-order valence-corrected chi connectivity index (χ1v) is 6.70. The average Bonchev–Trinajstić information content (AvgIpc) is 2.36. The SMILES string of the molecule is Cc1cc(C(=O)NCC2(O)CCCCC2)cc(=O)[nH]1. The maximum atomic E-state index is 12.0. The van der Waals surface area contributed by atoms with Crippen LogP contribution in [0.3, 0.4) is 0 Å². The standard InChI is InChI=1S/C14H20N2O3/c1-10-7-11(8-12(17)16-10)13(18)15-9-14(19)5-3-2-4-6-14/h7-8,19H,2-6,9H2,1H3,(H,15,18)(H,16,17). The molecule has 19 heavy (non-hydrogen) atoms. The Morgan fingerprint density at radius 3 is 2.68 bits per heavy atom. The van der Waals surface area contributed by atoms with Crippen LogP contribution in [-0.2, 0) is 0 Å². The molecular formula is C14H20N2O3. The zero-order chi connectivity index (χ0) is 13.9. The van der Waals surface area contributed by atoms with E-state index >= 15 is 0 Å². The van der Waals surface area contributed by atoms with Crippen molar-refractivity contribution in [2.45, 2.75) is 44.6 Å². The molecule has 5 heteroatoms. The van der Waals surface area contributed by atoms with E-state index in [1.165, 1.54) is 6.07 Å². The maximum Gasteiger partial charge on any atom is 0.251 e. The highest BCUT2D eigenvalue weighted by Crippen LogP contribution is 2.27. The first-order valence-electron chi connectivity index (χ1n) is 6.70. The molecule has 0 radical (unpaired) electrons. The molecule has 104 valence electrons. The van der Waals surface area contributed by atoms with Crippen molar-refractivity contribution in [2.75, 3.05) is 6.54 Å². The van der Waals surface area contributed by atoms with Crippen LogP contribution in [0.25, 0.3) is 0 Å². The van der Waals surface area contributed by atoms with Gasteiger partial charge in [-0.25, -0.2) is 0 Å². The summed E-state index contributed by atoms with van der Waals surface area (Å²) in [7, 11) is 0. The molecular weight excluding hydrogens is 244 g/mol. The molecule has 1 fully saturated rings. The van der Waals surface area contributed by atoms with Crippen molar-refractivity contribution in [2.24, 2.45) is 0 Å². The van der Waals surface area contributed by atoms with Gasteiger partial charge in [0.2, 0.25) is 5.56 Å². The molecule has 0 saturated heterocycles. The van der Waals surface area contributed by atoms with Crippen LogP contribution in [0.15, 0.2) is 16.9 Å². The molecule has 2 rings (SSSR count). The van der Waals surface area contributed by atoms with E-state index in [1.54, 1.807) is 13.0 Å². The Labute approximate surface area is 112 Å². The van der Waals surface area contributed by atoms with E-state index in [-0.39, 0.29) is 18.0 Å². The highest BCUT2D eigenvalue weighted by molar-refractivity contribution is 5.94. The fraction of sp³-hybridized carbons (Fsp3) is 0.571. The molecule has 5 nitrogen and oxygen atoms in total. The lowest BCUT2D eigenvalue weighted by Gasteiger charge is -2.32. The van der Waals surface area contributed by atoms with Gasteiger partial charge in [-0.05, 0) is 25.8 Å². The third-order valence-corrected chi connectivity index (χ3v) is 3.60. The van der Waals surface area contributed by atoms with E-state index in [0.29, 0.717) is 11.3 Å². The summed E-state index contributed by atoms with van der Waals surface area (Å²) in [5.41, 5.74) is -0.0966. The molecule has 0 aromatic carbocycles. The van der Waals surface area contributed by atoms with Crippen molar-refractivity contribution in [1.29, 1.82) is 0 Å². The molecule has 0 bridgehead atoms. The average molecular weight is 264 g/mol. The van der Waals surface area contributed by atoms with Gasteiger partial charge in [0.1, 0.15) is 0 Å². The molecule has 3 N–H and O–H groups in total. The van der Waals surface area contributed by atoms with Gasteiger partial charge in [0, 0.05) is 23.9 Å². The summed E-state index contributed by atoms with van der Waals surface area (Å²) < 4.78 is 0. The molecule has 0 spiro atoms. The molecule has 1 aromatic heterocycles. The van der Waals surface area contributed by atoms with Crippen LogP contribution in [0.1, 0.15) is 48.2 Å². The van der Waals surface area contributed by atoms with Crippen LogP contribution in [0.5, 0.6) is 0 Å². The predicted molar refractivity (Wildman–Crippen MR) is 72.2 cm³/mol. The highest BCUT2D eigenvalue weighted by atomic mass is 16.3. The Bertz CT molecular complexity index is 516. The van der Waals surface area contributed by atoms with Gasteiger partial charge < -0.3 is 15.4 Å². The van der Waals surface area contributed by atoms with Gasteiger partial charge in [-0.2, -0.15) is 0 Å². The smallest absolute Gasteiger partial charge is 0.251 e. The fourth-order valence-corrected chi connectivity index (χ4v) is 2.55. The van der Waals surface area contributed by atoms with Gasteiger partial charge >= 0.3 is 0 Å². The summed E-state index contributed by atoms with van der Waals surface area (Å²) in [6, 6.07) is 2.90. The Morgan fingerprint density at radius 2 is 2.05 bits per heavy atom. The minimum atomic E-state index is -0.788. The Kier molecular flexibility index (Phi) is 4.04. The number of aliphatic hydroxyl groups is 1. The topological polar surface area (TPSA) is 82.2 Å². The van der Waals surface area contributed by atoms with E-state index in [0.717, 1.165) is 32.1 Å². The van der Waals surface area contributed by atoms with Crippen LogP contribution in [0.4, 0.5) is 0 Å². The number of pyridine rings is 1. The second-order valence-electron chi connectivity index (χ2n) is 5.38. The normalized spacial score (nSPS) is 18.0. The monoisotopic (exact) mass is 264 g/mol. The molecule has 1 amide bonds. The summed E-state index contributed by atoms with van der Waals surface area (Å²) >= 11 is 0. The number of hydrogen-bond donors (Lipinski definition) is 3. The van der Waals surface area contributed by atoms with Crippen molar-refractivity contribution >= 4 is 5.91 Å². The minimum absolute atomic E-state index is 0.248. The van der Waals surface area contributed by atoms with Crippen LogP contribution in [-0.4, -0.2) is 28.1 Å². The van der Waals surface area contributed by atoms with Crippen molar-refractivity contribution in [3.05, 3.63) is 33.7 Å². The van der Waals surface area contributed by atoms with Crippen molar-refractivity contribution in [3.8, 4) is 0 Å². The lowest BCUT2D eigenvalue weighted by Crippen LogP contribution is -2.44. The van der Waals surface area contributed by atoms with Gasteiger partial charge in [0.25, 0.3) is 5.91 Å². The second-order valence-corrected chi connectivity index (χ2v) is 5.38. The van der Waals surface area contributed by atoms with E-state index < -0.39 is 5.60 Å². The van der Waals surface area contributed by atoms with Crippen molar-refractivity contribution < 1.29 is 9.90 Å². The fourth-order valence-electron chi connectivity index (χ4n) is 2.55. The van der Waals surface area contributed by atoms with Gasteiger partial charge in [0.15, 0.2) is 0 Å². The number of aromatic amines is 1. The molecule has 0 aliphatic heterocycles. The minimum Gasteiger partial charge on any atom is -0.388 e. The number of amides is 1. The second kappa shape index (κ2) is 5.57. The van der Waals surface area contributed by atoms with E-state index in [4.69, 9.17) is 0 Å². The van der Waals surface area contributed by atoms with Gasteiger partial charge in [-0.1, -0.05) is 19.3 Å². The lowest BCUT2D eigenvalue weighted by atomic mass is 9.85. The number of hydrogen-bond acceptors (Lipinski definition) is 3. The molecule has 0 atom stereocenters. The quantitative estimate of drug-likeness (QED) is 0.764. The lowest BCUT2D eigenvalue weighted by molar-refractivity contribution is 0.00525. The van der Waals surface area contributed by atoms with Crippen LogP contribution in [0.2, 0.25) is 0 Å². The number of nitrogens with one attached hydrogen (secondary N) is 2. The summed E-state index contributed by atoms with van der Waals surface area (Å²) in [6.07, 6.45) is 4.58. The van der Waals surface area contributed by atoms with Crippen molar-refractivity contribution in [1.82, 2.24) is 10.3 Å². The molecule has 1 aromatic rings. The largest absolute Gasteiger partial charge is 0.388 e. The van der Waals surface area contributed by atoms with E-state index in [9.17, 15) is 14.7 Å². The van der Waals surface area contributed by atoms with Gasteiger partial charge in [0.05, 0.1) is 5.60 Å². The molecule has 1 aliphatic rings. The zero-order valence-electron chi connectivity index (χ0n) is 11.2. The first-order chi connectivity index (χ1) is 8.98. The zero-order valence-corrected chi connectivity index (χ0v) is 11.2. The predicted octanol–water partition coefficient (Wildman–Crippen LogP) is 1.11. The third kappa shape index (κ3) is 3.67. The Hall–Kier alpha value is -1.62. The summed E-state index contributed by atoms with van der Waals surface area (Å²) in [5.74, 6) is -0.312. The van der Waals surface area contributed by atoms with Crippen LogP contribution in [0, 0.1) is 6.92 Å². The van der Waals surface area contributed by atoms with Gasteiger partial charge in [-0.3, -0.25) is 9.59 Å². The third-order valence-electron chi connectivity index (χ3n) is 3.60. The highest BCUT2D eigenvalue weighted by Gasteiger charge is 2.29. The summed E-state index contributed by atoms with van der Waals surface area (Å²) in [5, 5.41) is 13.0. The van der Waals surface area contributed by atoms with Gasteiger partial charge in [-0.15, -0.1) is 0 Å².